The Kier molecular flexibility index (Phi) is 2.70. The van der Waals surface area contributed by atoms with Gasteiger partial charge in [0.25, 0.3) is 0 Å². The van der Waals surface area contributed by atoms with Crippen molar-refractivity contribution in [2.75, 3.05) is 13.1 Å². The number of hydrogen-bond donors (Lipinski definition) is 2. The van der Waals surface area contributed by atoms with Crippen LogP contribution in [0.3, 0.4) is 0 Å². The van der Waals surface area contributed by atoms with Crippen LogP contribution in [0.1, 0.15) is 19.3 Å². The largest absolute Gasteiger partial charge is 0.330 e. The highest BCUT2D eigenvalue weighted by molar-refractivity contribution is 5.13. The van der Waals surface area contributed by atoms with E-state index in [4.69, 9.17) is 11.5 Å². The summed E-state index contributed by atoms with van der Waals surface area (Å²) >= 11 is 0. The second kappa shape index (κ2) is 3.81. The number of allylic oxidation sites excluding steroid dienone is 2. The van der Waals surface area contributed by atoms with Gasteiger partial charge in [0.15, 0.2) is 0 Å². The Bertz CT molecular complexity index is 180. The number of hydrogen-bond acceptors (Lipinski definition) is 2. The van der Waals surface area contributed by atoms with Crippen LogP contribution in [0.4, 0.5) is 0 Å². The molecule has 1 fully saturated rings. The van der Waals surface area contributed by atoms with Gasteiger partial charge in [-0.3, -0.25) is 0 Å². The summed E-state index contributed by atoms with van der Waals surface area (Å²) in [5.41, 5.74) is 11.3. The van der Waals surface area contributed by atoms with Crippen LogP contribution in [0.2, 0.25) is 0 Å². The molecule has 0 spiro atoms. The first-order valence-electron chi connectivity index (χ1n) is 5.45. The van der Waals surface area contributed by atoms with Gasteiger partial charge in [-0.15, -0.1) is 0 Å². The minimum absolute atomic E-state index is 0.824. The topological polar surface area (TPSA) is 52.0 Å². The van der Waals surface area contributed by atoms with Crippen molar-refractivity contribution in [3.8, 4) is 0 Å². The van der Waals surface area contributed by atoms with Gasteiger partial charge < -0.3 is 11.5 Å². The van der Waals surface area contributed by atoms with Crippen molar-refractivity contribution in [1.29, 1.82) is 0 Å². The highest BCUT2D eigenvalue weighted by Crippen LogP contribution is 2.50. The molecule has 2 rings (SSSR count). The summed E-state index contributed by atoms with van der Waals surface area (Å²) in [5.74, 6) is 3.32. The van der Waals surface area contributed by atoms with Crippen LogP contribution >= 0.6 is 0 Å². The predicted octanol–water partition coefficient (Wildman–Crippen LogP) is 1.12. The first-order chi connectivity index (χ1) is 6.36. The second-order valence-corrected chi connectivity index (χ2v) is 4.43. The van der Waals surface area contributed by atoms with Crippen molar-refractivity contribution in [2.45, 2.75) is 19.3 Å². The Balaban J connectivity index is 2.02. The molecular weight excluding hydrogens is 160 g/mol. The van der Waals surface area contributed by atoms with Crippen LogP contribution in [0.25, 0.3) is 0 Å². The number of nitrogens with two attached hydrogens (primary N) is 2. The average Bonchev–Trinajstić information content (AvgIpc) is 2.69. The lowest BCUT2D eigenvalue weighted by atomic mass is 9.79. The van der Waals surface area contributed by atoms with E-state index in [-0.39, 0.29) is 0 Å². The zero-order chi connectivity index (χ0) is 9.26. The van der Waals surface area contributed by atoms with Crippen molar-refractivity contribution >= 4 is 0 Å². The quantitative estimate of drug-likeness (QED) is 0.637. The molecule has 13 heavy (non-hydrogen) atoms. The molecule has 0 saturated heterocycles. The molecule has 0 aliphatic heterocycles. The maximum atomic E-state index is 5.64. The fraction of sp³-hybridized carbons (Fsp3) is 0.818. The molecule has 0 aromatic carbocycles. The van der Waals surface area contributed by atoms with Gasteiger partial charge >= 0.3 is 0 Å². The van der Waals surface area contributed by atoms with Gasteiger partial charge in [-0.05, 0) is 56.0 Å². The summed E-state index contributed by atoms with van der Waals surface area (Å²) in [4.78, 5) is 0. The third-order valence-electron chi connectivity index (χ3n) is 3.80. The zero-order valence-electron chi connectivity index (χ0n) is 8.15. The van der Waals surface area contributed by atoms with E-state index in [1.54, 1.807) is 0 Å². The van der Waals surface area contributed by atoms with Crippen LogP contribution < -0.4 is 11.5 Å². The molecule has 4 N–H and O–H groups in total. The molecule has 4 atom stereocenters. The smallest absolute Gasteiger partial charge is 0.00743 e. The van der Waals surface area contributed by atoms with Gasteiger partial charge in [-0.25, -0.2) is 0 Å². The molecule has 0 amide bonds. The Morgan fingerprint density at radius 1 is 0.923 bits per heavy atom. The molecule has 2 heteroatoms. The van der Waals surface area contributed by atoms with Gasteiger partial charge in [0.2, 0.25) is 0 Å². The second-order valence-electron chi connectivity index (χ2n) is 4.43. The zero-order valence-corrected chi connectivity index (χ0v) is 8.15. The average molecular weight is 180 g/mol. The highest BCUT2D eigenvalue weighted by Gasteiger charge is 2.42. The van der Waals surface area contributed by atoms with E-state index < -0.39 is 0 Å². The van der Waals surface area contributed by atoms with Gasteiger partial charge in [-0.1, -0.05) is 12.2 Å². The third-order valence-corrected chi connectivity index (χ3v) is 3.80. The maximum Gasteiger partial charge on any atom is -0.00743 e. The fourth-order valence-electron chi connectivity index (χ4n) is 3.27. The Labute approximate surface area is 80.4 Å². The van der Waals surface area contributed by atoms with Gasteiger partial charge in [0.1, 0.15) is 0 Å². The molecule has 2 aliphatic carbocycles. The molecule has 0 heterocycles. The summed E-state index contributed by atoms with van der Waals surface area (Å²) in [6, 6.07) is 0. The molecule has 74 valence electrons. The summed E-state index contributed by atoms with van der Waals surface area (Å²) in [7, 11) is 0. The van der Waals surface area contributed by atoms with E-state index in [0.29, 0.717) is 0 Å². The van der Waals surface area contributed by atoms with E-state index in [0.717, 1.165) is 36.8 Å². The van der Waals surface area contributed by atoms with Crippen molar-refractivity contribution in [3.05, 3.63) is 12.2 Å². The molecule has 2 bridgehead atoms. The molecule has 0 aromatic heterocycles. The van der Waals surface area contributed by atoms with Crippen LogP contribution in [-0.2, 0) is 0 Å². The minimum Gasteiger partial charge on any atom is -0.330 e. The molecule has 4 unspecified atom stereocenters. The maximum absolute atomic E-state index is 5.64. The monoisotopic (exact) mass is 180 g/mol. The minimum atomic E-state index is 0.824. The van der Waals surface area contributed by atoms with Crippen molar-refractivity contribution in [3.63, 3.8) is 0 Å². The summed E-state index contributed by atoms with van der Waals surface area (Å²) in [5, 5.41) is 0. The summed E-state index contributed by atoms with van der Waals surface area (Å²) in [6.45, 7) is 1.67. The Morgan fingerprint density at radius 2 is 1.38 bits per heavy atom. The van der Waals surface area contributed by atoms with Crippen LogP contribution in [0.5, 0.6) is 0 Å². The number of rotatable bonds is 4. The summed E-state index contributed by atoms with van der Waals surface area (Å²) < 4.78 is 0. The van der Waals surface area contributed by atoms with Gasteiger partial charge in [-0.2, -0.15) is 0 Å². The van der Waals surface area contributed by atoms with E-state index in [2.05, 4.69) is 12.2 Å². The lowest BCUT2D eigenvalue weighted by molar-refractivity contribution is 0.282. The van der Waals surface area contributed by atoms with Crippen LogP contribution in [-0.4, -0.2) is 13.1 Å². The fourth-order valence-corrected chi connectivity index (χ4v) is 3.27. The molecular formula is C11H20N2. The standard InChI is InChI=1S/C11H20N2/c12-5-3-10-8-1-2-9(7-8)11(10)4-6-13/h1-2,8-11H,3-7,12-13H2. The van der Waals surface area contributed by atoms with Crippen molar-refractivity contribution < 1.29 is 0 Å². The van der Waals surface area contributed by atoms with E-state index in [9.17, 15) is 0 Å². The van der Waals surface area contributed by atoms with E-state index in [1.807, 2.05) is 0 Å². The highest BCUT2D eigenvalue weighted by atomic mass is 14.6. The van der Waals surface area contributed by atoms with Gasteiger partial charge in [0, 0.05) is 0 Å². The molecule has 2 aliphatic rings. The summed E-state index contributed by atoms with van der Waals surface area (Å²) in [6.07, 6.45) is 8.55. The lowest BCUT2D eigenvalue weighted by Crippen LogP contribution is -2.24. The van der Waals surface area contributed by atoms with E-state index in [1.165, 1.54) is 19.3 Å². The molecule has 0 aromatic rings. The first kappa shape index (κ1) is 9.22. The van der Waals surface area contributed by atoms with Crippen molar-refractivity contribution in [2.24, 2.45) is 35.1 Å². The van der Waals surface area contributed by atoms with Crippen LogP contribution in [0.15, 0.2) is 12.2 Å². The molecule has 0 radical (unpaired) electrons. The van der Waals surface area contributed by atoms with E-state index >= 15 is 0 Å². The SMILES string of the molecule is NCCC1C2C=CC(C2)C1CCN. The van der Waals surface area contributed by atoms with Crippen molar-refractivity contribution in [1.82, 2.24) is 0 Å². The molecule has 1 saturated carbocycles. The Hall–Kier alpha value is -0.340. The lowest BCUT2D eigenvalue weighted by Gasteiger charge is -2.27. The van der Waals surface area contributed by atoms with Crippen LogP contribution in [0, 0.1) is 23.7 Å². The Morgan fingerprint density at radius 3 is 1.77 bits per heavy atom. The normalized spacial score (nSPS) is 41.7. The molecule has 2 nitrogen and oxygen atoms in total. The first-order valence-corrected chi connectivity index (χ1v) is 5.45. The number of fused-ring (bicyclic) bond motifs is 2. The predicted molar refractivity (Wildman–Crippen MR) is 55.1 cm³/mol. The van der Waals surface area contributed by atoms with Gasteiger partial charge in [0.05, 0.1) is 0 Å². The third kappa shape index (κ3) is 1.53.